The first-order valence-corrected chi connectivity index (χ1v) is 14.8. The predicted molar refractivity (Wildman–Crippen MR) is 161 cm³/mol. The van der Waals surface area contributed by atoms with Crippen molar-refractivity contribution < 1.29 is 23.9 Å². The second-order valence-corrected chi connectivity index (χ2v) is 12.3. The van der Waals surface area contributed by atoms with Gasteiger partial charge in [0.25, 0.3) is 0 Å². The van der Waals surface area contributed by atoms with Crippen LogP contribution in [-0.4, -0.2) is 41.1 Å². The number of esters is 1. The zero-order chi connectivity index (χ0) is 29.9. The van der Waals surface area contributed by atoms with Crippen LogP contribution in [0.1, 0.15) is 38.2 Å². The minimum Gasteiger partial charge on any atom is -0.456 e. The van der Waals surface area contributed by atoms with Crippen molar-refractivity contribution in [2.24, 2.45) is 11.8 Å². The van der Waals surface area contributed by atoms with Gasteiger partial charge in [0.2, 0.25) is 11.8 Å². The topological polar surface area (TPSA) is 80.8 Å². The zero-order valence-electron chi connectivity index (χ0n) is 22.8. The van der Waals surface area contributed by atoms with Crippen molar-refractivity contribution >= 4 is 46.8 Å². The van der Waals surface area contributed by atoms with E-state index < -0.39 is 57.8 Å². The number of nitrogens with zero attached hydrogens (tertiary/aromatic N) is 1. The van der Waals surface area contributed by atoms with Gasteiger partial charge in [-0.3, -0.25) is 19.3 Å². The van der Waals surface area contributed by atoms with Crippen LogP contribution in [0.4, 0.5) is 0 Å². The molecule has 2 amide bonds. The molecular formula is C35H25Cl2NO5. The van der Waals surface area contributed by atoms with Crippen LogP contribution in [0.5, 0.6) is 0 Å². The van der Waals surface area contributed by atoms with Crippen molar-refractivity contribution in [1.29, 1.82) is 0 Å². The zero-order valence-corrected chi connectivity index (χ0v) is 24.3. The van der Waals surface area contributed by atoms with Crippen LogP contribution in [0.3, 0.4) is 0 Å². The van der Waals surface area contributed by atoms with Gasteiger partial charge in [0.1, 0.15) is 15.8 Å². The van der Waals surface area contributed by atoms with Crippen molar-refractivity contribution in [1.82, 2.24) is 4.90 Å². The van der Waals surface area contributed by atoms with Gasteiger partial charge in [-0.25, -0.2) is 4.79 Å². The van der Waals surface area contributed by atoms with Gasteiger partial charge in [0, 0.05) is 12.0 Å². The summed E-state index contributed by atoms with van der Waals surface area (Å²) in [6.45, 7) is -0.535. The van der Waals surface area contributed by atoms with Gasteiger partial charge in [-0.2, -0.15) is 0 Å². The lowest BCUT2D eigenvalue weighted by Crippen LogP contribution is -2.57. The Hall–Kier alpha value is -4.26. The highest BCUT2D eigenvalue weighted by atomic mass is 35.5. The number of ketones is 1. The Bertz CT molecular complexity index is 1670. The maximum Gasteiger partial charge on any atom is 0.330 e. The molecule has 6 nitrogen and oxygen atoms in total. The summed E-state index contributed by atoms with van der Waals surface area (Å²) >= 11 is 15.1. The molecule has 0 N–H and O–H groups in total. The van der Waals surface area contributed by atoms with Crippen LogP contribution >= 0.6 is 23.2 Å². The average molecular weight is 610 g/mol. The number of ether oxygens (including phenoxy) is 1. The number of alkyl halides is 2. The van der Waals surface area contributed by atoms with Crippen LogP contribution in [0.25, 0.3) is 0 Å². The Morgan fingerprint density at radius 1 is 0.674 bits per heavy atom. The van der Waals surface area contributed by atoms with E-state index in [9.17, 15) is 19.2 Å². The molecule has 0 spiro atoms. The quantitative estimate of drug-likeness (QED) is 0.118. The van der Waals surface area contributed by atoms with Crippen LogP contribution in [0.15, 0.2) is 109 Å². The third-order valence-electron chi connectivity index (χ3n) is 8.92. The smallest absolute Gasteiger partial charge is 0.330 e. The minimum atomic E-state index is -1.37. The first-order chi connectivity index (χ1) is 20.8. The third-order valence-corrected chi connectivity index (χ3v) is 10.2. The summed E-state index contributed by atoms with van der Waals surface area (Å²) in [7, 11) is 0. The molecule has 0 unspecified atom stereocenters. The Labute approximate surface area is 258 Å². The van der Waals surface area contributed by atoms with E-state index in [1.54, 1.807) is 54.6 Å². The minimum absolute atomic E-state index is 0.000584. The number of hydrogen-bond acceptors (Lipinski definition) is 5. The fourth-order valence-corrected chi connectivity index (χ4v) is 8.15. The number of carbonyl (C=O) groups is 4. The lowest BCUT2D eigenvalue weighted by Gasteiger charge is -2.54. The molecule has 43 heavy (non-hydrogen) atoms. The number of Topliss-reactive ketones (excluding diaryl/α,β-unsaturated/α-hetero) is 1. The van der Waals surface area contributed by atoms with Gasteiger partial charge in [-0.15, -0.1) is 23.2 Å². The molecule has 1 saturated heterocycles. The number of carbonyl (C=O) groups excluding carboxylic acids is 4. The number of amides is 2. The lowest BCUT2D eigenvalue weighted by atomic mass is 9.54. The summed E-state index contributed by atoms with van der Waals surface area (Å²) in [6.07, 6.45) is 0.000584. The second kappa shape index (κ2) is 10.2. The fraction of sp³-hybridized carbons (Fsp3) is 0.200. The summed E-state index contributed by atoms with van der Waals surface area (Å²) in [5.74, 6) is -4.55. The van der Waals surface area contributed by atoms with Gasteiger partial charge < -0.3 is 4.74 Å². The molecule has 214 valence electrons. The number of hydrogen-bond donors (Lipinski definition) is 0. The highest BCUT2D eigenvalue weighted by Gasteiger charge is 2.73. The van der Waals surface area contributed by atoms with Crippen LogP contribution in [0.2, 0.25) is 0 Å². The molecule has 3 atom stereocenters. The first kappa shape index (κ1) is 27.6. The highest BCUT2D eigenvalue weighted by molar-refractivity contribution is 6.36. The number of benzene rings is 4. The monoisotopic (exact) mass is 609 g/mol. The van der Waals surface area contributed by atoms with Crippen molar-refractivity contribution in [3.63, 3.8) is 0 Å². The van der Waals surface area contributed by atoms with Crippen LogP contribution < -0.4 is 0 Å². The maximum atomic E-state index is 14.5. The fourth-order valence-electron chi connectivity index (χ4n) is 7.05. The third kappa shape index (κ3) is 3.93. The van der Waals surface area contributed by atoms with E-state index in [2.05, 4.69) is 0 Å². The molecule has 4 aromatic carbocycles. The van der Waals surface area contributed by atoms with E-state index in [4.69, 9.17) is 27.9 Å². The molecule has 0 aromatic heterocycles. The molecule has 4 aliphatic rings. The lowest BCUT2D eigenvalue weighted by molar-refractivity contribution is -0.158. The average Bonchev–Trinajstić information content (AvgIpc) is 3.32. The SMILES string of the molecule is O=C(COC(=O)[C@H](Cc1ccccc1)N1C(=O)[C@H]2[C@H](C1=O)C1(Cl)c3ccccc3C2(Cl)c2ccccc21)c1ccccc1. The Morgan fingerprint density at radius 2 is 1.09 bits per heavy atom. The van der Waals surface area contributed by atoms with Crippen molar-refractivity contribution in [3.05, 3.63) is 143 Å². The molecule has 1 heterocycles. The molecule has 0 saturated carbocycles. The number of rotatable bonds is 7. The highest BCUT2D eigenvalue weighted by Crippen LogP contribution is 2.69. The summed E-state index contributed by atoms with van der Waals surface area (Å²) in [5.41, 5.74) is 3.78. The largest absolute Gasteiger partial charge is 0.456 e. The molecule has 2 bridgehead atoms. The normalized spacial score (nSPS) is 25.5. The molecule has 8 rings (SSSR count). The van der Waals surface area contributed by atoms with Crippen molar-refractivity contribution in [2.75, 3.05) is 6.61 Å². The van der Waals surface area contributed by atoms with Gasteiger partial charge in [0.05, 0.1) is 11.8 Å². The molecular weight excluding hydrogens is 585 g/mol. The molecule has 4 aromatic rings. The summed E-state index contributed by atoms with van der Waals surface area (Å²) in [5, 5.41) is 0. The van der Waals surface area contributed by atoms with E-state index in [0.29, 0.717) is 33.4 Å². The van der Waals surface area contributed by atoms with Gasteiger partial charge in [-0.05, 0) is 27.8 Å². The molecule has 1 aliphatic heterocycles. The van der Waals surface area contributed by atoms with E-state index in [1.807, 2.05) is 54.6 Å². The number of halogens is 2. The molecule has 0 radical (unpaired) electrons. The number of likely N-dealkylation sites (tertiary alicyclic amines) is 1. The summed E-state index contributed by atoms with van der Waals surface area (Å²) in [4.78, 5) is 53.7. The van der Waals surface area contributed by atoms with E-state index in [1.165, 1.54) is 0 Å². The van der Waals surface area contributed by atoms with E-state index in [-0.39, 0.29) is 6.42 Å². The second-order valence-electron chi connectivity index (χ2n) is 11.1. The predicted octanol–water partition coefficient (Wildman–Crippen LogP) is 5.62. The number of imide groups is 1. The maximum absolute atomic E-state index is 14.5. The van der Waals surface area contributed by atoms with Crippen molar-refractivity contribution in [3.8, 4) is 0 Å². The van der Waals surface area contributed by atoms with E-state index in [0.717, 1.165) is 4.90 Å². The standard InChI is InChI=1S/C35H25Cl2NO5/c36-34-23-15-7-8-16-24(23)35(37,26-18-10-9-17-25(26)34)30-29(34)31(40)38(32(30)41)27(19-21-11-3-1-4-12-21)33(42)43-20-28(39)22-13-5-2-6-14-22/h1-18,27,29-30H,19-20H2/t27-,29+,30+,34?,35?/m0/s1. The molecule has 8 heteroatoms. The van der Waals surface area contributed by atoms with Crippen LogP contribution in [0, 0.1) is 11.8 Å². The first-order valence-electron chi connectivity index (χ1n) is 14.0. The summed E-state index contributed by atoms with van der Waals surface area (Å²) in [6, 6.07) is 30.9. The molecule has 1 fully saturated rings. The van der Waals surface area contributed by atoms with E-state index >= 15 is 0 Å². The Balaban J connectivity index is 1.30. The Morgan fingerprint density at radius 3 is 1.56 bits per heavy atom. The molecule has 3 aliphatic carbocycles. The summed E-state index contributed by atoms with van der Waals surface area (Å²) < 4.78 is 5.50. The van der Waals surface area contributed by atoms with Crippen molar-refractivity contribution in [2.45, 2.75) is 22.2 Å². The van der Waals surface area contributed by atoms with Gasteiger partial charge >= 0.3 is 5.97 Å². The van der Waals surface area contributed by atoms with Gasteiger partial charge in [-0.1, -0.05) is 109 Å². The Kier molecular flexibility index (Phi) is 6.53. The van der Waals surface area contributed by atoms with Gasteiger partial charge in [0.15, 0.2) is 12.4 Å². The van der Waals surface area contributed by atoms with Crippen LogP contribution in [-0.2, 0) is 35.3 Å².